The first kappa shape index (κ1) is 9.85. The van der Waals surface area contributed by atoms with Gasteiger partial charge in [-0.15, -0.1) is 0 Å². The van der Waals surface area contributed by atoms with Gasteiger partial charge in [0.2, 0.25) is 0 Å². The smallest absolute Gasteiger partial charge is 0.130 e. The van der Waals surface area contributed by atoms with Crippen LogP contribution in [0.5, 0.6) is 0 Å². The van der Waals surface area contributed by atoms with E-state index in [0.717, 1.165) is 12.4 Å². The van der Waals surface area contributed by atoms with Gasteiger partial charge in [-0.3, -0.25) is 0 Å². The summed E-state index contributed by atoms with van der Waals surface area (Å²) in [5, 5.41) is 3.08. The van der Waals surface area contributed by atoms with Gasteiger partial charge in [-0.05, 0) is 13.8 Å². The zero-order chi connectivity index (χ0) is 9.84. The van der Waals surface area contributed by atoms with Gasteiger partial charge in [-0.1, -0.05) is 12.2 Å². The highest BCUT2D eigenvalue weighted by Gasteiger charge is 2.02. The van der Waals surface area contributed by atoms with Crippen molar-refractivity contribution in [2.75, 3.05) is 11.9 Å². The summed E-state index contributed by atoms with van der Waals surface area (Å²) >= 11 is 4.83. The van der Waals surface area contributed by atoms with Crippen molar-refractivity contribution in [2.24, 2.45) is 5.73 Å². The Bertz CT molecular complexity index is 324. The number of aromatic nitrogens is 2. The van der Waals surface area contributed by atoms with Crippen LogP contribution >= 0.6 is 12.2 Å². The molecule has 0 saturated heterocycles. The third-order valence-corrected chi connectivity index (χ3v) is 1.66. The largest absolute Gasteiger partial charge is 0.388 e. The van der Waals surface area contributed by atoms with Gasteiger partial charge in [0.05, 0.1) is 0 Å². The van der Waals surface area contributed by atoms with Crippen LogP contribution in [-0.4, -0.2) is 21.5 Å². The van der Waals surface area contributed by atoms with E-state index in [-0.39, 0.29) is 0 Å². The molecule has 0 aliphatic rings. The van der Waals surface area contributed by atoms with Crippen molar-refractivity contribution in [3.05, 3.63) is 17.6 Å². The number of hydrogen-bond donors (Lipinski definition) is 2. The summed E-state index contributed by atoms with van der Waals surface area (Å²) in [7, 11) is 0. The summed E-state index contributed by atoms with van der Waals surface area (Å²) < 4.78 is 0. The van der Waals surface area contributed by atoms with E-state index in [4.69, 9.17) is 18.0 Å². The molecule has 1 rings (SSSR count). The maximum Gasteiger partial charge on any atom is 0.130 e. The predicted octanol–water partition coefficient (Wildman–Crippen LogP) is 0.851. The van der Waals surface area contributed by atoms with Gasteiger partial charge >= 0.3 is 0 Å². The lowest BCUT2D eigenvalue weighted by Crippen LogP contribution is -2.14. The molecule has 0 fully saturated rings. The van der Waals surface area contributed by atoms with Crippen LogP contribution < -0.4 is 11.1 Å². The van der Waals surface area contributed by atoms with Gasteiger partial charge in [-0.25, -0.2) is 9.97 Å². The van der Waals surface area contributed by atoms with E-state index < -0.39 is 0 Å². The van der Waals surface area contributed by atoms with Crippen LogP contribution in [0, 0.1) is 6.92 Å². The second kappa shape index (κ2) is 4.13. The van der Waals surface area contributed by atoms with Crippen LogP contribution in [0.4, 0.5) is 5.82 Å². The van der Waals surface area contributed by atoms with E-state index in [0.29, 0.717) is 16.5 Å². The normalized spacial score (nSPS) is 9.69. The van der Waals surface area contributed by atoms with Crippen LogP contribution in [-0.2, 0) is 0 Å². The van der Waals surface area contributed by atoms with E-state index in [1.165, 1.54) is 0 Å². The summed E-state index contributed by atoms with van der Waals surface area (Å²) in [5.74, 6) is 1.43. The molecule has 0 aliphatic carbocycles. The molecule has 70 valence electrons. The first-order chi connectivity index (χ1) is 6.13. The Morgan fingerprint density at radius 1 is 1.62 bits per heavy atom. The monoisotopic (exact) mass is 196 g/mol. The maximum atomic E-state index is 5.46. The van der Waals surface area contributed by atoms with E-state index in [1.807, 2.05) is 13.8 Å². The van der Waals surface area contributed by atoms with Crippen LogP contribution in [0.15, 0.2) is 6.07 Å². The minimum absolute atomic E-state index is 0.296. The highest BCUT2D eigenvalue weighted by molar-refractivity contribution is 7.80. The number of anilines is 1. The Kier molecular flexibility index (Phi) is 3.13. The Morgan fingerprint density at radius 3 is 2.85 bits per heavy atom. The Hall–Kier alpha value is -1.23. The van der Waals surface area contributed by atoms with Crippen LogP contribution in [0.25, 0.3) is 0 Å². The van der Waals surface area contributed by atoms with Gasteiger partial charge in [0.15, 0.2) is 0 Å². The third kappa shape index (κ3) is 2.62. The molecule has 0 atom stereocenters. The summed E-state index contributed by atoms with van der Waals surface area (Å²) in [6.07, 6.45) is 0. The van der Waals surface area contributed by atoms with Crippen LogP contribution in [0.3, 0.4) is 0 Å². The lowest BCUT2D eigenvalue weighted by molar-refractivity contribution is 1.03. The predicted molar refractivity (Wildman–Crippen MR) is 56.8 cm³/mol. The number of rotatable bonds is 3. The number of thiocarbonyl (C=S) groups is 1. The molecule has 0 unspecified atom stereocenters. The minimum atomic E-state index is 0.296. The van der Waals surface area contributed by atoms with Crippen molar-refractivity contribution in [3.63, 3.8) is 0 Å². The molecule has 5 heteroatoms. The van der Waals surface area contributed by atoms with Crippen molar-refractivity contribution in [1.29, 1.82) is 0 Å². The summed E-state index contributed by atoms with van der Waals surface area (Å²) in [6.45, 7) is 4.62. The van der Waals surface area contributed by atoms with Gasteiger partial charge in [0, 0.05) is 12.6 Å². The Morgan fingerprint density at radius 2 is 2.31 bits per heavy atom. The molecule has 13 heavy (non-hydrogen) atoms. The molecular weight excluding hydrogens is 184 g/mol. The molecule has 0 amide bonds. The second-order valence-electron chi connectivity index (χ2n) is 2.58. The maximum absolute atomic E-state index is 5.46. The lowest BCUT2D eigenvalue weighted by Gasteiger charge is -2.05. The van der Waals surface area contributed by atoms with Crippen molar-refractivity contribution in [2.45, 2.75) is 13.8 Å². The molecule has 0 bridgehead atoms. The second-order valence-corrected chi connectivity index (χ2v) is 3.02. The average molecular weight is 196 g/mol. The Balaban J connectivity index is 3.03. The molecule has 0 spiro atoms. The van der Waals surface area contributed by atoms with Crippen molar-refractivity contribution in [1.82, 2.24) is 9.97 Å². The molecule has 0 radical (unpaired) electrons. The first-order valence-corrected chi connectivity index (χ1v) is 4.43. The van der Waals surface area contributed by atoms with Gasteiger partial charge < -0.3 is 11.1 Å². The van der Waals surface area contributed by atoms with E-state index in [9.17, 15) is 0 Å². The number of nitrogens with one attached hydrogen (secondary N) is 1. The molecule has 0 aromatic carbocycles. The van der Waals surface area contributed by atoms with Gasteiger partial charge in [0.25, 0.3) is 0 Å². The number of hydrogen-bond acceptors (Lipinski definition) is 4. The summed E-state index contributed by atoms with van der Waals surface area (Å²) in [4.78, 5) is 8.56. The van der Waals surface area contributed by atoms with E-state index in [2.05, 4.69) is 15.3 Å². The molecule has 1 heterocycles. The number of nitrogens with two attached hydrogens (primary N) is 1. The quantitative estimate of drug-likeness (QED) is 0.702. The SMILES string of the molecule is CCNc1cc(C(N)=S)nc(C)n1. The van der Waals surface area contributed by atoms with Crippen molar-refractivity contribution in [3.8, 4) is 0 Å². The highest BCUT2D eigenvalue weighted by Crippen LogP contribution is 2.05. The fourth-order valence-corrected chi connectivity index (χ4v) is 1.07. The minimum Gasteiger partial charge on any atom is -0.388 e. The van der Waals surface area contributed by atoms with E-state index in [1.54, 1.807) is 6.07 Å². The molecule has 0 aliphatic heterocycles. The fourth-order valence-electron chi connectivity index (χ4n) is 0.966. The summed E-state index contributed by atoms with van der Waals surface area (Å²) in [6, 6.07) is 1.75. The van der Waals surface area contributed by atoms with Crippen LogP contribution in [0.2, 0.25) is 0 Å². The number of aryl methyl sites for hydroxylation is 1. The molecule has 1 aromatic heterocycles. The molecular formula is C8H12N4S. The standard InChI is InChI=1S/C8H12N4S/c1-3-10-7-4-6(8(9)13)11-5(2)12-7/h4H,3H2,1-2H3,(H2,9,13)(H,10,11,12). The topological polar surface area (TPSA) is 63.8 Å². The molecule has 4 nitrogen and oxygen atoms in total. The van der Waals surface area contributed by atoms with Gasteiger partial charge in [0.1, 0.15) is 22.3 Å². The van der Waals surface area contributed by atoms with E-state index >= 15 is 0 Å². The third-order valence-electron chi connectivity index (χ3n) is 1.45. The zero-order valence-corrected chi connectivity index (χ0v) is 8.48. The fraction of sp³-hybridized carbons (Fsp3) is 0.375. The molecule has 1 aromatic rings. The average Bonchev–Trinajstić information content (AvgIpc) is 2.03. The van der Waals surface area contributed by atoms with Gasteiger partial charge in [-0.2, -0.15) is 0 Å². The number of nitrogens with zero attached hydrogens (tertiary/aromatic N) is 2. The molecule has 0 saturated carbocycles. The molecule has 3 N–H and O–H groups in total. The van der Waals surface area contributed by atoms with Crippen LogP contribution in [0.1, 0.15) is 18.4 Å². The first-order valence-electron chi connectivity index (χ1n) is 4.03. The lowest BCUT2D eigenvalue weighted by atomic mass is 10.3. The Labute approximate surface area is 82.6 Å². The highest BCUT2D eigenvalue weighted by atomic mass is 32.1. The van der Waals surface area contributed by atoms with Crippen molar-refractivity contribution >= 4 is 23.0 Å². The summed E-state index contributed by atoms with van der Waals surface area (Å²) in [5.41, 5.74) is 6.07. The zero-order valence-electron chi connectivity index (χ0n) is 7.66. The van der Waals surface area contributed by atoms with Crippen molar-refractivity contribution < 1.29 is 0 Å².